The van der Waals surface area contributed by atoms with E-state index in [4.69, 9.17) is 11.6 Å². The number of hydrogen-bond acceptors (Lipinski definition) is 4. The number of aromatic hydroxyl groups is 1. The van der Waals surface area contributed by atoms with Crippen LogP contribution in [0.2, 0.25) is 5.02 Å². The molecule has 0 radical (unpaired) electrons. The van der Waals surface area contributed by atoms with Gasteiger partial charge in [0.1, 0.15) is 16.5 Å². The van der Waals surface area contributed by atoms with Gasteiger partial charge in [-0.25, -0.2) is 4.98 Å². The maximum atomic E-state index is 12.2. The maximum Gasteiger partial charge on any atom is 0.270 e. The van der Waals surface area contributed by atoms with E-state index in [2.05, 4.69) is 15.2 Å². The molecule has 1 amide bonds. The highest BCUT2D eigenvalue weighted by Gasteiger charge is 2.30. The Morgan fingerprint density at radius 1 is 1.45 bits per heavy atom. The van der Waals surface area contributed by atoms with E-state index < -0.39 is 0 Å². The molecular weight excluding hydrogens is 278 g/mol. The van der Waals surface area contributed by atoms with Crippen LogP contribution in [0.15, 0.2) is 12.3 Å². The van der Waals surface area contributed by atoms with Crippen LogP contribution in [0.25, 0.3) is 0 Å². The summed E-state index contributed by atoms with van der Waals surface area (Å²) in [6.07, 6.45) is 4.78. The first-order valence-corrected chi connectivity index (χ1v) is 7.37. The Labute approximate surface area is 122 Å². The molecule has 0 unspecified atom stereocenters. The minimum Gasteiger partial charge on any atom is -0.506 e. The van der Waals surface area contributed by atoms with Crippen LogP contribution < -0.4 is 5.32 Å². The molecule has 6 heteroatoms. The van der Waals surface area contributed by atoms with Gasteiger partial charge in [0.25, 0.3) is 5.91 Å². The summed E-state index contributed by atoms with van der Waals surface area (Å²) >= 11 is 5.69. The molecule has 2 N–H and O–H groups in total. The van der Waals surface area contributed by atoms with Gasteiger partial charge in [0, 0.05) is 18.7 Å². The number of carbonyl (C=O) groups is 1. The van der Waals surface area contributed by atoms with Gasteiger partial charge in [-0.2, -0.15) is 0 Å². The molecule has 3 saturated heterocycles. The Kier molecular flexibility index (Phi) is 3.81. The SMILES string of the molecule is O=C(N[C@@H]1CC2CCN(CC2)C1)c1cc(O)c(Cl)cn1. The van der Waals surface area contributed by atoms with Crippen molar-refractivity contribution in [2.75, 3.05) is 19.6 Å². The summed E-state index contributed by atoms with van der Waals surface area (Å²) in [4.78, 5) is 18.5. The fourth-order valence-electron chi connectivity index (χ4n) is 3.11. The Morgan fingerprint density at radius 3 is 2.90 bits per heavy atom. The van der Waals surface area contributed by atoms with E-state index in [1.165, 1.54) is 25.1 Å². The number of pyridine rings is 1. The molecule has 3 aliphatic rings. The summed E-state index contributed by atoms with van der Waals surface area (Å²) in [6.45, 7) is 3.18. The van der Waals surface area contributed by atoms with E-state index in [0.29, 0.717) is 5.92 Å². The van der Waals surface area contributed by atoms with Crippen molar-refractivity contribution in [2.24, 2.45) is 5.92 Å². The van der Waals surface area contributed by atoms with E-state index in [9.17, 15) is 9.90 Å². The van der Waals surface area contributed by atoms with E-state index in [0.717, 1.165) is 26.1 Å². The monoisotopic (exact) mass is 295 g/mol. The second-order valence-electron chi connectivity index (χ2n) is 5.67. The number of piperidine rings is 1. The van der Waals surface area contributed by atoms with Crippen molar-refractivity contribution >= 4 is 17.5 Å². The van der Waals surface area contributed by atoms with Crippen molar-refractivity contribution in [1.82, 2.24) is 15.2 Å². The highest BCUT2D eigenvalue weighted by atomic mass is 35.5. The van der Waals surface area contributed by atoms with Crippen LogP contribution >= 0.6 is 11.6 Å². The molecule has 0 aliphatic carbocycles. The predicted octanol–water partition coefficient (Wildman–Crippen LogP) is 1.65. The van der Waals surface area contributed by atoms with Crippen molar-refractivity contribution in [2.45, 2.75) is 25.3 Å². The lowest BCUT2D eigenvalue weighted by Crippen LogP contribution is -2.42. The minimum absolute atomic E-state index is 0.114. The lowest BCUT2D eigenvalue weighted by atomic mass is 9.94. The highest BCUT2D eigenvalue weighted by Crippen LogP contribution is 2.27. The fraction of sp³-hybridized carbons (Fsp3) is 0.571. The quantitative estimate of drug-likeness (QED) is 0.871. The van der Waals surface area contributed by atoms with Gasteiger partial charge < -0.3 is 15.3 Å². The van der Waals surface area contributed by atoms with E-state index in [1.807, 2.05) is 0 Å². The van der Waals surface area contributed by atoms with Crippen molar-refractivity contribution in [3.63, 3.8) is 0 Å². The number of carbonyl (C=O) groups excluding carboxylic acids is 1. The van der Waals surface area contributed by atoms with Crippen LogP contribution in [-0.4, -0.2) is 46.6 Å². The van der Waals surface area contributed by atoms with Gasteiger partial charge in [-0.1, -0.05) is 11.6 Å². The molecule has 108 valence electrons. The average Bonchev–Trinajstić information content (AvgIpc) is 2.74. The van der Waals surface area contributed by atoms with Crippen LogP contribution in [0.5, 0.6) is 5.75 Å². The molecule has 3 fully saturated rings. The van der Waals surface area contributed by atoms with Crippen molar-refractivity contribution < 1.29 is 9.90 Å². The van der Waals surface area contributed by atoms with E-state index in [1.54, 1.807) is 0 Å². The molecule has 4 rings (SSSR count). The van der Waals surface area contributed by atoms with Gasteiger partial charge in [-0.05, 0) is 38.3 Å². The van der Waals surface area contributed by atoms with Crippen molar-refractivity contribution in [3.8, 4) is 5.75 Å². The van der Waals surface area contributed by atoms with Crippen LogP contribution in [0.1, 0.15) is 29.8 Å². The van der Waals surface area contributed by atoms with Crippen LogP contribution in [0.3, 0.4) is 0 Å². The number of fused-ring (bicyclic) bond motifs is 4. The molecule has 1 aromatic rings. The summed E-state index contributed by atoms with van der Waals surface area (Å²) in [5.74, 6) is 0.353. The zero-order valence-electron chi connectivity index (χ0n) is 11.2. The number of halogens is 1. The number of aromatic nitrogens is 1. The summed E-state index contributed by atoms with van der Waals surface area (Å²) in [7, 11) is 0. The third kappa shape index (κ3) is 2.88. The standard InChI is InChI=1S/C14H18ClN3O2/c15-11-7-16-12(6-13(11)19)14(20)17-10-5-9-1-3-18(8-10)4-2-9/h6-7,9-10H,1-5,8H2,(H,16,19)(H,17,20)/t10-/m1/s1. The maximum absolute atomic E-state index is 12.2. The predicted molar refractivity (Wildman–Crippen MR) is 75.9 cm³/mol. The van der Waals surface area contributed by atoms with Crippen molar-refractivity contribution in [1.29, 1.82) is 0 Å². The van der Waals surface area contributed by atoms with E-state index in [-0.39, 0.29) is 28.4 Å². The summed E-state index contributed by atoms with van der Waals surface area (Å²) < 4.78 is 0. The van der Waals surface area contributed by atoms with Crippen LogP contribution in [0, 0.1) is 5.92 Å². The zero-order chi connectivity index (χ0) is 14.1. The second kappa shape index (κ2) is 5.58. The number of nitrogens with zero attached hydrogens (tertiary/aromatic N) is 2. The average molecular weight is 296 g/mol. The Balaban J connectivity index is 1.67. The first-order valence-electron chi connectivity index (χ1n) is 6.99. The van der Waals surface area contributed by atoms with Gasteiger partial charge in [0.2, 0.25) is 0 Å². The fourth-order valence-corrected chi connectivity index (χ4v) is 3.21. The van der Waals surface area contributed by atoms with Gasteiger partial charge in [-0.15, -0.1) is 0 Å². The van der Waals surface area contributed by atoms with Gasteiger partial charge in [0.05, 0.1) is 6.20 Å². The Bertz CT molecular complexity index is 501. The smallest absolute Gasteiger partial charge is 0.270 e. The molecule has 0 saturated carbocycles. The number of nitrogens with one attached hydrogen (secondary N) is 1. The van der Waals surface area contributed by atoms with Gasteiger partial charge in [-0.3, -0.25) is 4.79 Å². The lowest BCUT2D eigenvalue weighted by molar-refractivity contribution is 0.0923. The molecule has 5 nitrogen and oxygen atoms in total. The summed E-state index contributed by atoms with van der Waals surface area (Å²) in [5.41, 5.74) is 0.207. The Morgan fingerprint density at radius 2 is 2.20 bits per heavy atom. The van der Waals surface area contributed by atoms with Crippen molar-refractivity contribution in [3.05, 3.63) is 23.0 Å². The normalized spacial score (nSPS) is 28.9. The molecule has 0 aromatic carbocycles. The molecule has 2 bridgehead atoms. The molecule has 0 spiro atoms. The molecule has 4 heterocycles. The number of amides is 1. The molecule has 20 heavy (non-hydrogen) atoms. The third-order valence-corrected chi connectivity index (χ3v) is 4.50. The van der Waals surface area contributed by atoms with E-state index >= 15 is 0 Å². The van der Waals surface area contributed by atoms with Gasteiger partial charge >= 0.3 is 0 Å². The minimum atomic E-state index is -0.246. The summed E-state index contributed by atoms with van der Waals surface area (Å²) in [5, 5.41) is 12.7. The molecule has 1 atom stereocenters. The van der Waals surface area contributed by atoms with Crippen LogP contribution in [0.4, 0.5) is 0 Å². The molecule has 1 aromatic heterocycles. The zero-order valence-corrected chi connectivity index (χ0v) is 11.9. The first kappa shape index (κ1) is 13.6. The van der Waals surface area contributed by atoms with Gasteiger partial charge in [0.15, 0.2) is 0 Å². The first-order chi connectivity index (χ1) is 9.61. The molecular formula is C14H18ClN3O2. The number of hydrogen-bond donors (Lipinski definition) is 2. The number of rotatable bonds is 2. The topological polar surface area (TPSA) is 65.5 Å². The van der Waals surface area contributed by atoms with Crippen LogP contribution in [-0.2, 0) is 0 Å². The highest BCUT2D eigenvalue weighted by molar-refractivity contribution is 6.31. The third-order valence-electron chi connectivity index (χ3n) is 4.21. The summed E-state index contributed by atoms with van der Waals surface area (Å²) in [6, 6.07) is 1.47. The largest absolute Gasteiger partial charge is 0.506 e. The lowest BCUT2D eigenvalue weighted by Gasteiger charge is -2.26. The Hall–Kier alpha value is -1.33. The molecule has 3 aliphatic heterocycles. The second-order valence-corrected chi connectivity index (χ2v) is 6.08.